The lowest BCUT2D eigenvalue weighted by Gasteiger charge is -2.08. The first-order valence-corrected chi connectivity index (χ1v) is 7.77. The van der Waals surface area contributed by atoms with E-state index in [0.717, 1.165) is 4.47 Å². The van der Waals surface area contributed by atoms with Gasteiger partial charge in [0, 0.05) is 15.7 Å². The molecule has 24 heavy (non-hydrogen) atoms. The number of hydrogen-bond donors (Lipinski definition) is 1. The third kappa shape index (κ3) is 4.74. The summed E-state index contributed by atoms with van der Waals surface area (Å²) in [6, 6.07) is 16.1. The van der Waals surface area contributed by atoms with Gasteiger partial charge in [-0.25, -0.2) is 0 Å². The van der Waals surface area contributed by atoms with Gasteiger partial charge in [0.25, 0.3) is 5.91 Å². The van der Waals surface area contributed by atoms with Crippen molar-refractivity contribution < 1.29 is 9.53 Å². The van der Waals surface area contributed by atoms with Crippen molar-refractivity contribution in [3.63, 3.8) is 0 Å². The molecule has 0 saturated carbocycles. The van der Waals surface area contributed by atoms with Gasteiger partial charge in [-0.05, 0) is 36.4 Å². The minimum Gasteiger partial charge on any atom is -0.480 e. The molecule has 0 aliphatic rings. The number of rotatable bonds is 5. The summed E-state index contributed by atoms with van der Waals surface area (Å²) in [4.78, 5) is 12.3. The highest BCUT2D eigenvalue weighted by molar-refractivity contribution is 9.10. The largest absolute Gasteiger partial charge is 0.480 e. The topological polar surface area (TPSA) is 62.1 Å². The van der Waals surface area contributed by atoms with Crippen LogP contribution in [-0.4, -0.2) is 12.5 Å². The van der Waals surface area contributed by atoms with Crippen molar-refractivity contribution in [2.24, 2.45) is 0 Å². The van der Waals surface area contributed by atoms with Crippen molar-refractivity contribution in [1.29, 1.82) is 5.26 Å². The lowest BCUT2D eigenvalue weighted by atomic mass is 10.1. The average Bonchev–Trinajstić information content (AvgIpc) is 2.59. The molecule has 1 N–H and O–H groups in total. The van der Waals surface area contributed by atoms with E-state index in [2.05, 4.69) is 27.2 Å². The van der Waals surface area contributed by atoms with Crippen LogP contribution in [-0.2, 0) is 4.79 Å². The normalized spacial score (nSPS) is 10.4. The van der Waals surface area contributed by atoms with E-state index in [1.54, 1.807) is 42.5 Å². The molecule has 0 bridgehead atoms. The first kappa shape index (κ1) is 17.3. The number of benzene rings is 2. The predicted molar refractivity (Wildman–Crippen MR) is 97.1 cm³/mol. The maximum atomic E-state index is 12.3. The molecule has 0 aromatic heterocycles. The number of nitriles is 1. The lowest BCUT2D eigenvalue weighted by Crippen LogP contribution is -2.13. The summed E-state index contributed by atoms with van der Waals surface area (Å²) in [5.41, 5.74) is 1.16. The Bertz CT molecular complexity index is 846. The summed E-state index contributed by atoms with van der Waals surface area (Å²) in [5.74, 6) is 2.38. The van der Waals surface area contributed by atoms with Crippen molar-refractivity contribution in [3.8, 4) is 24.2 Å². The van der Waals surface area contributed by atoms with Crippen LogP contribution in [0.1, 0.15) is 5.56 Å². The summed E-state index contributed by atoms with van der Waals surface area (Å²) in [6.45, 7) is 0.0978. The molecular weight excluding hydrogens is 368 g/mol. The van der Waals surface area contributed by atoms with Gasteiger partial charge < -0.3 is 10.1 Å². The highest BCUT2D eigenvalue weighted by Crippen LogP contribution is 2.26. The Morgan fingerprint density at radius 1 is 1.29 bits per heavy atom. The maximum absolute atomic E-state index is 12.3. The number of nitrogens with one attached hydrogen (secondary N) is 1. The number of carbonyl (C=O) groups excluding carboxylic acids is 1. The Labute approximate surface area is 148 Å². The number of ether oxygens (including phenoxy) is 1. The Kier molecular flexibility index (Phi) is 6.19. The number of anilines is 1. The fourth-order valence-corrected chi connectivity index (χ4v) is 2.29. The fraction of sp³-hybridized carbons (Fsp3) is 0.0526. The number of halogens is 1. The van der Waals surface area contributed by atoms with Crippen LogP contribution in [0.3, 0.4) is 0 Å². The molecule has 2 aromatic rings. The minimum atomic E-state index is -0.494. The Hall–Kier alpha value is -3.02. The Morgan fingerprint density at radius 3 is 2.71 bits per heavy atom. The van der Waals surface area contributed by atoms with Crippen LogP contribution >= 0.6 is 15.9 Å². The first-order valence-electron chi connectivity index (χ1n) is 6.98. The molecule has 5 heteroatoms. The minimum absolute atomic E-state index is 0.0393. The quantitative estimate of drug-likeness (QED) is 0.484. The molecule has 0 radical (unpaired) electrons. The zero-order chi connectivity index (χ0) is 17.4. The molecule has 2 rings (SSSR count). The molecule has 0 aliphatic carbocycles. The van der Waals surface area contributed by atoms with Crippen LogP contribution in [0.15, 0.2) is 58.6 Å². The third-order valence-electron chi connectivity index (χ3n) is 2.98. The molecule has 0 spiro atoms. The van der Waals surface area contributed by atoms with Gasteiger partial charge in [-0.1, -0.05) is 40.0 Å². The van der Waals surface area contributed by atoms with E-state index in [4.69, 9.17) is 11.2 Å². The monoisotopic (exact) mass is 380 g/mol. The summed E-state index contributed by atoms with van der Waals surface area (Å²) < 4.78 is 6.24. The van der Waals surface area contributed by atoms with E-state index in [0.29, 0.717) is 17.0 Å². The standard InChI is InChI=1S/C19H13BrN2O2/c1-2-10-24-18-9-8-16(20)12-14(18)11-15(13-21)19(23)22-17-6-4-3-5-7-17/h1,3-9,11-12H,10H2,(H,22,23)/b15-11+. The zero-order valence-electron chi connectivity index (χ0n) is 12.6. The number of terminal acetylenes is 1. The molecule has 0 saturated heterocycles. The number of para-hydroxylation sites is 1. The van der Waals surface area contributed by atoms with Gasteiger partial charge in [0.05, 0.1) is 0 Å². The Morgan fingerprint density at radius 2 is 2.04 bits per heavy atom. The van der Waals surface area contributed by atoms with Crippen molar-refractivity contribution in [3.05, 3.63) is 64.1 Å². The smallest absolute Gasteiger partial charge is 0.266 e. The molecule has 0 fully saturated rings. The number of carbonyl (C=O) groups is 1. The maximum Gasteiger partial charge on any atom is 0.266 e. The van der Waals surface area contributed by atoms with Gasteiger partial charge in [0.1, 0.15) is 24.0 Å². The summed E-state index contributed by atoms with van der Waals surface area (Å²) in [6.07, 6.45) is 6.67. The van der Waals surface area contributed by atoms with Gasteiger partial charge >= 0.3 is 0 Å². The van der Waals surface area contributed by atoms with Crippen LogP contribution < -0.4 is 10.1 Å². The first-order chi connectivity index (χ1) is 11.6. The number of hydrogen-bond acceptors (Lipinski definition) is 3. The van der Waals surface area contributed by atoms with Crippen LogP contribution in [0.4, 0.5) is 5.69 Å². The van der Waals surface area contributed by atoms with Crippen LogP contribution in [0.5, 0.6) is 5.75 Å². The molecule has 4 nitrogen and oxygen atoms in total. The van der Waals surface area contributed by atoms with Gasteiger partial charge in [-0.15, -0.1) is 6.42 Å². The molecule has 118 valence electrons. The van der Waals surface area contributed by atoms with Crippen LogP contribution in [0.2, 0.25) is 0 Å². The second-order valence-corrected chi connectivity index (χ2v) is 5.58. The summed E-state index contributed by atoms with van der Waals surface area (Å²) in [5, 5.41) is 12.0. The van der Waals surface area contributed by atoms with E-state index in [1.807, 2.05) is 12.1 Å². The molecular formula is C19H13BrN2O2. The molecule has 1 amide bonds. The summed E-state index contributed by atoms with van der Waals surface area (Å²) >= 11 is 3.36. The van der Waals surface area contributed by atoms with Crippen LogP contribution in [0.25, 0.3) is 6.08 Å². The molecule has 0 unspecified atom stereocenters. The fourth-order valence-electron chi connectivity index (χ4n) is 1.91. The van der Waals surface area contributed by atoms with E-state index in [9.17, 15) is 10.1 Å². The van der Waals surface area contributed by atoms with E-state index in [1.165, 1.54) is 6.08 Å². The predicted octanol–water partition coefficient (Wildman–Crippen LogP) is 4.01. The highest BCUT2D eigenvalue weighted by Gasteiger charge is 2.11. The number of amides is 1. The molecule has 0 atom stereocenters. The van der Waals surface area contributed by atoms with E-state index in [-0.39, 0.29) is 12.2 Å². The molecule has 0 heterocycles. The van der Waals surface area contributed by atoms with Gasteiger partial charge in [0.15, 0.2) is 0 Å². The number of nitrogens with zero attached hydrogens (tertiary/aromatic N) is 1. The van der Waals surface area contributed by atoms with Crippen molar-refractivity contribution >= 4 is 33.6 Å². The second-order valence-electron chi connectivity index (χ2n) is 4.66. The lowest BCUT2D eigenvalue weighted by molar-refractivity contribution is -0.112. The van der Waals surface area contributed by atoms with Gasteiger partial charge in [-0.3, -0.25) is 4.79 Å². The van der Waals surface area contributed by atoms with Crippen molar-refractivity contribution in [2.75, 3.05) is 11.9 Å². The molecule has 2 aromatic carbocycles. The van der Waals surface area contributed by atoms with Gasteiger partial charge in [0.2, 0.25) is 0 Å². The van der Waals surface area contributed by atoms with Crippen molar-refractivity contribution in [1.82, 2.24) is 0 Å². The van der Waals surface area contributed by atoms with Gasteiger partial charge in [-0.2, -0.15) is 5.26 Å². The highest BCUT2D eigenvalue weighted by atomic mass is 79.9. The SMILES string of the molecule is C#CCOc1ccc(Br)cc1/C=C(\C#N)C(=O)Nc1ccccc1. The average molecular weight is 381 g/mol. The van der Waals surface area contributed by atoms with E-state index >= 15 is 0 Å². The van der Waals surface area contributed by atoms with Crippen LogP contribution in [0, 0.1) is 23.7 Å². The molecule has 0 aliphatic heterocycles. The second kappa shape index (κ2) is 8.57. The van der Waals surface area contributed by atoms with Crippen molar-refractivity contribution in [2.45, 2.75) is 0 Å². The zero-order valence-corrected chi connectivity index (χ0v) is 14.2. The third-order valence-corrected chi connectivity index (χ3v) is 3.47. The van der Waals surface area contributed by atoms with E-state index < -0.39 is 5.91 Å². The Balaban J connectivity index is 2.30. The summed E-state index contributed by atoms with van der Waals surface area (Å²) in [7, 11) is 0.